The van der Waals surface area contributed by atoms with Crippen LogP contribution >= 0.6 is 0 Å². The van der Waals surface area contributed by atoms with Crippen LogP contribution in [0.3, 0.4) is 0 Å². The Hall–Kier alpha value is -3.39. The highest BCUT2D eigenvalue weighted by Gasteiger charge is 2.22. The van der Waals surface area contributed by atoms with E-state index in [1.54, 1.807) is 24.4 Å². The van der Waals surface area contributed by atoms with Crippen LogP contribution in [0.5, 0.6) is 0 Å². The van der Waals surface area contributed by atoms with Gasteiger partial charge in [0.05, 0.1) is 23.2 Å². The average molecular weight is 394 g/mol. The van der Waals surface area contributed by atoms with Crippen LogP contribution < -0.4 is 14.9 Å². The fraction of sp³-hybridized carbons (Fsp3) is 0.100. The Bertz CT molecular complexity index is 1130. The van der Waals surface area contributed by atoms with E-state index in [0.717, 1.165) is 11.4 Å². The molecule has 3 aromatic rings. The van der Waals surface area contributed by atoms with Crippen LogP contribution in [0.25, 0.3) is 0 Å². The first-order valence-corrected chi connectivity index (χ1v) is 10.1. The second-order valence-corrected chi connectivity index (χ2v) is 8.13. The molecule has 0 saturated heterocycles. The van der Waals surface area contributed by atoms with Crippen LogP contribution in [0.1, 0.15) is 5.56 Å². The second kappa shape index (κ2) is 6.97. The number of sulfonamides is 1. The number of carbonyl (C=O) groups excluding carboxylic acids is 1. The van der Waals surface area contributed by atoms with E-state index in [0.29, 0.717) is 11.3 Å². The van der Waals surface area contributed by atoms with Gasteiger partial charge in [-0.25, -0.2) is 13.4 Å². The molecule has 142 valence electrons. The van der Waals surface area contributed by atoms with Crippen molar-refractivity contribution in [3.05, 3.63) is 72.4 Å². The number of pyridine rings is 1. The number of nitrogens with one attached hydrogen (secondary N) is 2. The summed E-state index contributed by atoms with van der Waals surface area (Å²) in [4.78, 5) is 17.7. The van der Waals surface area contributed by atoms with Gasteiger partial charge in [-0.3, -0.25) is 9.52 Å². The summed E-state index contributed by atoms with van der Waals surface area (Å²) in [6.07, 6.45) is 1.79. The minimum Gasteiger partial charge on any atom is -0.343 e. The summed E-state index contributed by atoms with van der Waals surface area (Å²) in [6.45, 7) is 0. The van der Waals surface area contributed by atoms with Gasteiger partial charge in [0.1, 0.15) is 5.82 Å². The molecule has 0 unspecified atom stereocenters. The Kier molecular flexibility index (Phi) is 4.48. The van der Waals surface area contributed by atoms with E-state index in [1.165, 1.54) is 12.1 Å². The number of anilines is 4. The Morgan fingerprint density at radius 1 is 1.04 bits per heavy atom. The average Bonchev–Trinajstić information content (AvgIpc) is 3.07. The number of amides is 1. The number of rotatable bonds is 5. The molecule has 8 heteroatoms. The van der Waals surface area contributed by atoms with Crippen molar-refractivity contribution >= 4 is 38.8 Å². The molecule has 0 atom stereocenters. The first-order chi connectivity index (χ1) is 13.4. The summed E-state index contributed by atoms with van der Waals surface area (Å²) in [7, 11) is -1.89. The number of carbonyl (C=O) groups is 1. The standard InChI is InChI=1S/C20H18N4O3S/c1-24(15-5-3-2-4-6-15)16-7-10-19(21-13-16)23-28(26,27)17-8-9-18-14(11-17)12-20(25)22-18/h2-11,13H,12H2,1H3,(H,21,23)(H,22,25). The van der Waals surface area contributed by atoms with Crippen molar-refractivity contribution in [3.63, 3.8) is 0 Å². The number of hydrogen-bond donors (Lipinski definition) is 2. The van der Waals surface area contributed by atoms with Gasteiger partial charge in [0.25, 0.3) is 10.0 Å². The highest BCUT2D eigenvalue weighted by molar-refractivity contribution is 7.92. The smallest absolute Gasteiger partial charge is 0.263 e. The molecule has 28 heavy (non-hydrogen) atoms. The molecule has 0 saturated carbocycles. The zero-order valence-corrected chi connectivity index (χ0v) is 15.9. The van der Waals surface area contributed by atoms with Crippen LogP contribution in [0.15, 0.2) is 71.8 Å². The van der Waals surface area contributed by atoms with E-state index in [-0.39, 0.29) is 23.0 Å². The Balaban J connectivity index is 1.53. The lowest BCUT2D eigenvalue weighted by Gasteiger charge is -2.19. The maximum Gasteiger partial charge on any atom is 0.263 e. The van der Waals surface area contributed by atoms with Crippen LogP contribution in [0, 0.1) is 0 Å². The molecular formula is C20H18N4O3S. The Morgan fingerprint density at radius 3 is 2.54 bits per heavy atom. The third kappa shape index (κ3) is 3.54. The second-order valence-electron chi connectivity index (χ2n) is 6.45. The van der Waals surface area contributed by atoms with Crippen molar-refractivity contribution in [2.24, 2.45) is 0 Å². The SMILES string of the molecule is CN(c1ccccc1)c1ccc(NS(=O)(=O)c2ccc3c(c2)CC(=O)N3)nc1. The molecule has 0 spiro atoms. The van der Waals surface area contributed by atoms with Gasteiger partial charge in [0, 0.05) is 18.4 Å². The molecule has 0 aliphatic carbocycles. The minimum atomic E-state index is -3.80. The summed E-state index contributed by atoms with van der Waals surface area (Å²) in [5.41, 5.74) is 3.14. The zero-order chi connectivity index (χ0) is 19.7. The molecule has 2 heterocycles. The van der Waals surface area contributed by atoms with Crippen molar-refractivity contribution in [2.75, 3.05) is 22.0 Å². The fourth-order valence-corrected chi connectivity index (χ4v) is 4.07. The van der Waals surface area contributed by atoms with E-state index in [2.05, 4.69) is 15.0 Å². The Morgan fingerprint density at radius 2 is 1.82 bits per heavy atom. The lowest BCUT2D eigenvalue weighted by molar-refractivity contribution is -0.115. The van der Waals surface area contributed by atoms with Gasteiger partial charge in [-0.1, -0.05) is 18.2 Å². The van der Waals surface area contributed by atoms with Gasteiger partial charge < -0.3 is 10.2 Å². The minimum absolute atomic E-state index is 0.0926. The number of aromatic nitrogens is 1. The van der Waals surface area contributed by atoms with E-state index in [1.807, 2.05) is 42.3 Å². The van der Waals surface area contributed by atoms with Crippen LogP contribution in [-0.4, -0.2) is 26.4 Å². The van der Waals surface area contributed by atoms with E-state index in [4.69, 9.17) is 0 Å². The van der Waals surface area contributed by atoms with Gasteiger partial charge in [0.15, 0.2) is 0 Å². The van der Waals surface area contributed by atoms with Gasteiger partial charge in [-0.15, -0.1) is 0 Å². The lowest BCUT2D eigenvalue weighted by Crippen LogP contribution is -2.15. The molecule has 2 N–H and O–H groups in total. The van der Waals surface area contributed by atoms with Crippen LogP contribution in [-0.2, 0) is 21.2 Å². The summed E-state index contributed by atoms with van der Waals surface area (Å²) >= 11 is 0. The monoisotopic (exact) mass is 394 g/mol. The normalized spacial score (nSPS) is 13.0. The molecular weight excluding hydrogens is 376 g/mol. The van der Waals surface area contributed by atoms with Crippen LogP contribution in [0.4, 0.5) is 22.9 Å². The van der Waals surface area contributed by atoms with Gasteiger partial charge in [0.2, 0.25) is 5.91 Å². The molecule has 1 aliphatic heterocycles. The molecule has 2 aromatic carbocycles. The predicted octanol–water partition coefficient (Wildman–Crippen LogP) is 3.14. The number of hydrogen-bond acceptors (Lipinski definition) is 5. The van der Waals surface area contributed by atoms with Gasteiger partial charge in [-0.2, -0.15) is 0 Å². The summed E-state index contributed by atoms with van der Waals surface area (Å²) in [5.74, 6) is 0.0808. The number of benzene rings is 2. The third-order valence-electron chi connectivity index (χ3n) is 4.53. The quantitative estimate of drug-likeness (QED) is 0.694. The highest BCUT2D eigenvalue weighted by atomic mass is 32.2. The van der Waals surface area contributed by atoms with Crippen molar-refractivity contribution < 1.29 is 13.2 Å². The predicted molar refractivity (Wildman–Crippen MR) is 108 cm³/mol. The van der Waals surface area contributed by atoms with Gasteiger partial charge >= 0.3 is 0 Å². The molecule has 1 aliphatic rings. The summed E-state index contributed by atoms with van der Waals surface area (Å²) in [6, 6.07) is 17.8. The van der Waals surface area contributed by atoms with Crippen molar-refractivity contribution in [1.82, 2.24) is 4.98 Å². The van der Waals surface area contributed by atoms with Gasteiger partial charge in [-0.05, 0) is 48.0 Å². The lowest BCUT2D eigenvalue weighted by atomic mass is 10.2. The molecule has 7 nitrogen and oxygen atoms in total. The highest BCUT2D eigenvalue weighted by Crippen LogP contribution is 2.27. The molecule has 0 radical (unpaired) electrons. The molecule has 1 aromatic heterocycles. The van der Waals surface area contributed by atoms with E-state index < -0.39 is 10.0 Å². The Labute approximate surface area is 163 Å². The van der Waals surface area contributed by atoms with Crippen molar-refractivity contribution in [3.8, 4) is 0 Å². The van der Waals surface area contributed by atoms with E-state index >= 15 is 0 Å². The molecule has 1 amide bonds. The zero-order valence-electron chi connectivity index (χ0n) is 15.1. The molecule has 0 fully saturated rings. The number of para-hydroxylation sites is 1. The van der Waals surface area contributed by atoms with Crippen molar-refractivity contribution in [2.45, 2.75) is 11.3 Å². The fourth-order valence-electron chi connectivity index (χ4n) is 3.01. The third-order valence-corrected chi connectivity index (χ3v) is 5.88. The molecule has 4 rings (SSSR count). The first-order valence-electron chi connectivity index (χ1n) is 8.63. The van der Waals surface area contributed by atoms with Crippen molar-refractivity contribution in [1.29, 1.82) is 0 Å². The van der Waals surface area contributed by atoms with E-state index in [9.17, 15) is 13.2 Å². The maximum atomic E-state index is 12.7. The summed E-state index contributed by atoms with van der Waals surface area (Å²) < 4.78 is 27.8. The van der Waals surface area contributed by atoms with Crippen LogP contribution in [0.2, 0.25) is 0 Å². The number of nitrogens with zero attached hydrogens (tertiary/aromatic N) is 2. The maximum absolute atomic E-state index is 12.7. The largest absolute Gasteiger partial charge is 0.343 e. The summed E-state index contributed by atoms with van der Waals surface area (Å²) in [5, 5.41) is 2.68. The molecule has 0 bridgehead atoms. The topological polar surface area (TPSA) is 91.4 Å². The number of fused-ring (bicyclic) bond motifs is 1. The first kappa shape index (κ1) is 18.0.